The van der Waals surface area contributed by atoms with E-state index in [-0.39, 0.29) is 11.8 Å². The number of hydrogen-bond acceptors (Lipinski definition) is 3. The van der Waals surface area contributed by atoms with E-state index in [1.807, 2.05) is 52.0 Å². The van der Waals surface area contributed by atoms with Gasteiger partial charge in [-0.1, -0.05) is 19.1 Å². The molecule has 0 aliphatic carbocycles. The number of carbonyl (C=O) groups is 1. The first-order chi connectivity index (χ1) is 12.0. The number of nitrogens with one attached hydrogen (secondary N) is 3. The monoisotopic (exact) mass is 337 g/mol. The fraction of sp³-hybridized carbons (Fsp3) is 0.316. The van der Waals surface area contributed by atoms with Gasteiger partial charge >= 0.3 is 0 Å². The molecule has 3 rings (SSSR count). The molecule has 3 aromatic rings. The highest BCUT2D eigenvalue weighted by atomic mass is 16.1. The first-order valence-corrected chi connectivity index (χ1v) is 8.38. The Morgan fingerprint density at radius 3 is 2.64 bits per heavy atom. The van der Waals surface area contributed by atoms with Crippen molar-refractivity contribution in [1.82, 2.24) is 20.2 Å². The number of amides is 1. The fourth-order valence-electron chi connectivity index (χ4n) is 2.88. The Morgan fingerprint density at radius 1 is 1.24 bits per heavy atom. The number of aromatic nitrogens is 4. The smallest absolute Gasteiger partial charge is 0.227 e. The molecule has 1 atom stereocenters. The van der Waals surface area contributed by atoms with Gasteiger partial charge in [0.25, 0.3) is 0 Å². The van der Waals surface area contributed by atoms with Gasteiger partial charge in [-0.2, -0.15) is 5.10 Å². The van der Waals surface area contributed by atoms with Crippen LogP contribution in [-0.4, -0.2) is 26.1 Å². The molecule has 0 saturated heterocycles. The largest absolute Gasteiger partial charge is 0.342 e. The van der Waals surface area contributed by atoms with Gasteiger partial charge in [0, 0.05) is 29.1 Å². The minimum absolute atomic E-state index is 0.0178. The van der Waals surface area contributed by atoms with Crippen molar-refractivity contribution in [2.24, 2.45) is 5.92 Å². The van der Waals surface area contributed by atoms with Crippen LogP contribution in [0.5, 0.6) is 0 Å². The Balaban J connectivity index is 1.77. The summed E-state index contributed by atoms with van der Waals surface area (Å²) < 4.78 is 0. The summed E-state index contributed by atoms with van der Waals surface area (Å²) >= 11 is 0. The number of carbonyl (C=O) groups excluding carboxylic acids is 1. The summed E-state index contributed by atoms with van der Waals surface area (Å²) in [5, 5.41) is 10.2. The summed E-state index contributed by atoms with van der Waals surface area (Å²) in [6.45, 7) is 7.82. The van der Waals surface area contributed by atoms with Gasteiger partial charge in [0.1, 0.15) is 5.82 Å². The van der Waals surface area contributed by atoms with Crippen molar-refractivity contribution >= 4 is 11.6 Å². The highest BCUT2D eigenvalue weighted by molar-refractivity contribution is 5.96. The van der Waals surface area contributed by atoms with Crippen molar-refractivity contribution in [3.63, 3.8) is 0 Å². The molecule has 0 spiro atoms. The van der Waals surface area contributed by atoms with Gasteiger partial charge in [-0.3, -0.25) is 9.89 Å². The van der Waals surface area contributed by atoms with Crippen LogP contribution in [0.4, 0.5) is 5.69 Å². The van der Waals surface area contributed by atoms with Gasteiger partial charge in [-0.25, -0.2) is 4.98 Å². The molecule has 0 bridgehead atoms. The number of hydrogen-bond donors (Lipinski definition) is 3. The molecule has 0 fully saturated rings. The number of nitrogens with zero attached hydrogens (tertiary/aromatic N) is 2. The lowest BCUT2D eigenvalue weighted by atomic mass is 9.98. The van der Waals surface area contributed by atoms with E-state index in [9.17, 15) is 4.79 Å². The summed E-state index contributed by atoms with van der Waals surface area (Å²) in [5.74, 6) is 0.569. The summed E-state index contributed by atoms with van der Waals surface area (Å²) in [6.07, 6.45) is 2.43. The van der Waals surface area contributed by atoms with Gasteiger partial charge in [0.2, 0.25) is 5.91 Å². The van der Waals surface area contributed by atoms with E-state index in [1.54, 1.807) is 6.20 Å². The average Bonchev–Trinajstić information content (AvgIpc) is 3.15. The standard InChI is InChI=1S/C19H23N5O/c1-11(9-16-13(3)23-24-14(16)4)19(25)22-17-8-6-5-7-15(17)18-20-10-12(2)21-18/h5-8,10-11H,9H2,1-4H3,(H,20,21)(H,22,25)(H,23,24). The highest BCUT2D eigenvalue weighted by Crippen LogP contribution is 2.26. The zero-order valence-corrected chi connectivity index (χ0v) is 15.0. The Morgan fingerprint density at radius 2 is 2.00 bits per heavy atom. The van der Waals surface area contributed by atoms with Gasteiger partial charge in [0.05, 0.1) is 11.4 Å². The molecule has 6 nitrogen and oxygen atoms in total. The van der Waals surface area contributed by atoms with Crippen LogP contribution in [0.25, 0.3) is 11.4 Å². The minimum atomic E-state index is -0.165. The van der Waals surface area contributed by atoms with Crippen LogP contribution < -0.4 is 5.32 Å². The highest BCUT2D eigenvalue weighted by Gasteiger charge is 2.19. The predicted octanol–water partition coefficient (Wildman–Crippen LogP) is 3.54. The summed E-state index contributed by atoms with van der Waals surface area (Å²) in [4.78, 5) is 20.3. The van der Waals surface area contributed by atoms with E-state index in [0.717, 1.165) is 39.7 Å². The average molecular weight is 337 g/mol. The maximum Gasteiger partial charge on any atom is 0.227 e. The lowest BCUT2D eigenvalue weighted by Gasteiger charge is -2.14. The normalized spacial score (nSPS) is 12.2. The summed E-state index contributed by atoms with van der Waals surface area (Å²) in [7, 11) is 0. The second kappa shape index (κ2) is 6.93. The second-order valence-electron chi connectivity index (χ2n) is 6.47. The zero-order chi connectivity index (χ0) is 18.0. The molecule has 25 heavy (non-hydrogen) atoms. The van der Waals surface area contributed by atoms with E-state index < -0.39 is 0 Å². The van der Waals surface area contributed by atoms with Crippen LogP contribution in [0, 0.1) is 26.7 Å². The topological polar surface area (TPSA) is 86.5 Å². The third kappa shape index (κ3) is 3.63. The van der Waals surface area contributed by atoms with Gasteiger partial charge < -0.3 is 10.3 Å². The second-order valence-corrected chi connectivity index (χ2v) is 6.47. The Hall–Kier alpha value is -2.89. The van der Waals surface area contributed by atoms with Crippen LogP contribution in [0.1, 0.15) is 29.6 Å². The Bertz CT molecular complexity index is 873. The van der Waals surface area contributed by atoms with Crippen molar-refractivity contribution < 1.29 is 4.79 Å². The molecular formula is C19H23N5O. The third-order valence-electron chi connectivity index (χ3n) is 4.38. The molecule has 2 heterocycles. The van der Waals surface area contributed by atoms with E-state index in [4.69, 9.17) is 0 Å². The summed E-state index contributed by atoms with van der Waals surface area (Å²) in [6, 6.07) is 7.68. The number of anilines is 1. The van der Waals surface area contributed by atoms with E-state index in [0.29, 0.717) is 6.42 Å². The number of aryl methyl sites for hydroxylation is 3. The third-order valence-corrected chi connectivity index (χ3v) is 4.38. The molecule has 2 aromatic heterocycles. The lowest BCUT2D eigenvalue weighted by Crippen LogP contribution is -2.23. The van der Waals surface area contributed by atoms with Crippen LogP contribution in [0.3, 0.4) is 0 Å². The molecule has 6 heteroatoms. The first-order valence-electron chi connectivity index (χ1n) is 8.38. The lowest BCUT2D eigenvalue weighted by molar-refractivity contribution is -0.119. The zero-order valence-electron chi connectivity index (χ0n) is 15.0. The molecular weight excluding hydrogens is 314 g/mol. The van der Waals surface area contributed by atoms with Crippen molar-refractivity contribution in [2.75, 3.05) is 5.32 Å². The van der Waals surface area contributed by atoms with E-state index in [2.05, 4.69) is 25.5 Å². The van der Waals surface area contributed by atoms with Crippen LogP contribution in [0.2, 0.25) is 0 Å². The molecule has 130 valence electrons. The van der Waals surface area contributed by atoms with Crippen molar-refractivity contribution in [2.45, 2.75) is 34.1 Å². The maximum atomic E-state index is 12.7. The minimum Gasteiger partial charge on any atom is -0.342 e. The number of benzene rings is 1. The Labute approximate surface area is 147 Å². The van der Waals surface area contributed by atoms with E-state index in [1.165, 1.54) is 0 Å². The fourth-order valence-corrected chi connectivity index (χ4v) is 2.88. The van der Waals surface area contributed by atoms with Crippen molar-refractivity contribution in [3.05, 3.63) is 53.1 Å². The van der Waals surface area contributed by atoms with Crippen LogP contribution in [-0.2, 0) is 11.2 Å². The molecule has 1 unspecified atom stereocenters. The van der Waals surface area contributed by atoms with Crippen LogP contribution in [0.15, 0.2) is 30.5 Å². The molecule has 0 aliphatic rings. The summed E-state index contributed by atoms with van der Waals surface area (Å²) in [5.41, 5.74) is 5.70. The van der Waals surface area contributed by atoms with E-state index >= 15 is 0 Å². The first kappa shape index (κ1) is 17.0. The molecule has 1 aromatic carbocycles. The molecule has 3 N–H and O–H groups in total. The number of imidazole rings is 1. The maximum absolute atomic E-state index is 12.7. The number of rotatable bonds is 5. The number of para-hydroxylation sites is 1. The van der Waals surface area contributed by atoms with Gasteiger partial charge in [-0.05, 0) is 44.9 Å². The number of aromatic amines is 2. The number of H-pyrrole nitrogens is 2. The van der Waals surface area contributed by atoms with Crippen LogP contribution >= 0.6 is 0 Å². The Kier molecular flexibility index (Phi) is 4.70. The van der Waals surface area contributed by atoms with Gasteiger partial charge in [0.15, 0.2) is 0 Å². The predicted molar refractivity (Wildman–Crippen MR) is 98.3 cm³/mol. The molecule has 0 aliphatic heterocycles. The SMILES string of the molecule is Cc1cnc(-c2ccccc2NC(=O)C(C)Cc2c(C)n[nH]c2C)[nH]1. The molecule has 0 saturated carbocycles. The molecule has 1 amide bonds. The van der Waals surface area contributed by atoms with Gasteiger partial charge in [-0.15, -0.1) is 0 Å². The molecule has 0 radical (unpaired) electrons. The van der Waals surface area contributed by atoms with Crippen molar-refractivity contribution in [1.29, 1.82) is 0 Å². The van der Waals surface area contributed by atoms with Crippen molar-refractivity contribution in [3.8, 4) is 11.4 Å². The quantitative estimate of drug-likeness (QED) is 0.665.